The summed E-state index contributed by atoms with van der Waals surface area (Å²) in [5, 5.41) is 0. The fraction of sp³-hybridized carbons (Fsp3) is 1.00. The standard InChI is InChI=1S/C7H14O/c1-3-8-7(2)5-4-6-7/h3-6H2,1-2H3. The van der Waals surface area contributed by atoms with Gasteiger partial charge in [0.1, 0.15) is 0 Å². The Morgan fingerprint density at radius 3 is 2.25 bits per heavy atom. The molecule has 0 aromatic carbocycles. The molecule has 0 amide bonds. The van der Waals surface area contributed by atoms with E-state index in [0.717, 1.165) is 6.61 Å². The van der Waals surface area contributed by atoms with Gasteiger partial charge in [0, 0.05) is 6.61 Å². The van der Waals surface area contributed by atoms with Crippen LogP contribution in [0.4, 0.5) is 0 Å². The lowest BCUT2D eigenvalue weighted by Gasteiger charge is -2.37. The average Bonchev–Trinajstić information content (AvgIpc) is 1.64. The molecule has 1 heteroatoms. The van der Waals surface area contributed by atoms with Crippen LogP contribution in [0.15, 0.2) is 0 Å². The lowest BCUT2D eigenvalue weighted by atomic mass is 9.82. The Morgan fingerprint density at radius 1 is 1.50 bits per heavy atom. The summed E-state index contributed by atoms with van der Waals surface area (Å²) < 4.78 is 5.47. The molecule has 0 N–H and O–H groups in total. The summed E-state index contributed by atoms with van der Waals surface area (Å²) in [7, 11) is 0. The molecule has 0 aromatic heterocycles. The third kappa shape index (κ3) is 1.03. The van der Waals surface area contributed by atoms with E-state index >= 15 is 0 Å². The molecule has 1 aliphatic rings. The van der Waals surface area contributed by atoms with Gasteiger partial charge in [-0.2, -0.15) is 0 Å². The van der Waals surface area contributed by atoms with Gasteiger partial charge in [-0.1, -0.05) is 0 Å². The molecule has 0 aromatic rings. The molecule has 0 aliphatic heterocycles. The zero-order valence-electron chi connectivity index (χ0n) is 5.74. The first-order valence-corrected chi connectivity index (χ1v) is 3.41. The number of hydrogen-bond donors (Lipinski definition) is 0. The van der Waals surface area contributed by atoms with E-state index in [0.29, 0.717) is 0 Å². The largest absolute Gasteiger partial charge is 0.376 e. The molecule has 0 radical (unpaired) electrons. The van der Waals surface area contributed by atoms with Crippen LogP contribution < -0.4 is 0 Å². The molecule has 1 aliphatic carbocycles. The van der Waals surface area contributed by atoms with Crippen molar-refractivity contribution < 1.29 is 4.74 Å². The van der Waals surface area contributed by atoms with Crippen LogP contribution in [0.25, 0.3) is 0 Å². The van der Waals surface area contributed by atoms with Crippen LogP contribution in [0.5, 0.6) is 0 Å². The second-order valence-corrected chi connectivity index (χ2v) is 2.74. The Labute approximate surface area is 51.0 Å². The molecule has 8 heavy (non-hydrogen) atoms. The van der Waals surface area contributed by atoms with Gasteiger partial charge < -0.3 is 4.74 Å². The molecular formula is C7H14O. The molecule has 0 heterocycles. The maximum absolute atomic E-state index is 5.47. The highest BCUT2D eigenvalue weighted by molar-refractivity contribution is 4.84. The van der Waals surface area contributed by atoms with Crippen molar-refractivity contribution in [2.45, 2.75) is 38.7 Å². The average molecular weight is 114 g/mol. The van der Waals surface area contributed by atoms with Gasteiger partial charge in [-0.25, -0.2) is 0 Å². The second-order valence-electron chi connectivity index (χ2n) is 2.74. The van der Waals surface area contributed by atoms with Crippen LogP contribution in [-0.2, 0) is 4.74 Å². The Hall–Kier alpha value is -0.0400. The van der Waals surface area contributed by atoms with Crippen LogP contribution in [0.2, 0.25) is 0 Å². The lowest BCUT2D eigenvalue weighted by Crippen LogP contribution is -2.36. The summed E-state index contributed by atoms with van der Waals surface area (Å²) in [6.45, 7) is 5.13. The van der Waals surface area contributed by atoms with E-state index in [4.69, 9.17) is 4.74 Å². The Morgan fingerprint density at radius 2 is 2.12 bits per heavy atom. The maximum Gasteiger partial charge on any atom is 0.0654 e. The van der Waals surface area contributed by atoms with Gasteiger partial charge in [0.15, 0.2) is 0 Å². The number of rotatable bonds is 2. The van der Waals surface area contributed by atoms with E-state index in [1.807, 2.05) is 0 Å². The fourth-order valence-corrected chi connectivity index (χ4v) is 1.17. The van der Waals surface area contributed by atoms with Crippen molar-refractivity contribution in [2.24, 2.45) is 0 Å². The third-order valence-corrected chi connectivity index (χ3v) is 1.90. The predicted molar refractivity (Wildman–Crippen MR) is 33.9 cm³/mol. The molecule has 0 atom stereocenters. The lowest BCUT2D eigenvalue weighted by molar-refractivity contribution is -0.0798. The quantitative estimate of drug-likeness (QED) is 0.533. The van der Waals surface area contributed by atoms with E-state index in [9.17, 15) is 0 Å². The van der Waals surface area contributed by atoms with Crippen LogP contribution >= 0.6 is 0 Å². The molecule has 0 unspecified atom stereocenters. The van der Waals surface area contributed by atoms with E-state index in [1.54, 1.807) is 0 Å². The van der Waals surface area contributed by atoms with Crippen molar-refractivity contribution in [3.63, 3.8) is 0 Å². The van der Waals surface area contributed by atoms with E-state index in [1.165, 1.54) is 19.3 Å². The molecule has 1 rings (SSSR count). The van der Waals surface area contributed by atoms with Crippen molar-refractivity contribution in [1.29, 1.82) is 0 Å². The SMILES string of the molecule is CCOC1(C)CCC1. The molecule has 1 saturated carbocycles. The smallest absolute Gasteiger partial charge is 0.0654 e. The molecular weight excluding hydrogens is 100 g/mol. The Balaban J connectivity index is 2.20. The first kappa shape index (κ1) is 6.09. The van der Waals surface area contributed by atoms with Gasteiger partial charge in [-0.15, -0.1) is 0 Å². The normalized spacial score (nSPS) is 24.8. The van der Waals surface area contributed by atoms with Gasteiger partial charge in [-0.05, 0) is 33.1 Å². The highest BCUT2D eigenvalue weighted by Crippen LogP contribution is 2.34. The Kier molecular flexibility index (Phi) is 1.57. The molecule has 1 fully saturated rings. The summed E-state index contributed by atoms with van der Waals surface area (Å²) in [6, 6.07) is 0. The minimum Gasteiger partial charge on any atom is -0.376 e. The molecule has 1 nitrogen and oxygen atoms in total. The zero-order valence-corrected chi connectivity index (χ0v) is 5.74. The minimum absolute atomic E-state index is 0.273. The minimum atomic E-state index is 0.273. The number of ether oxygens (including phenoxy) is 1. The first-order chi connectivity index (χ1) is 3.77. The summed E-state index contributed by atoms with van der Waals surface area (Å²) in [5.74, 6) is 0. The van der Waals surface area contributed by atoms with Crippen molar-refractivity contribution in [1.82, 2.24) is 0 Å². The van der Waals surface area contributed by atoms with Crippen LogP contribution in [0.3, 0.4) is 0 Å². The van der Waals surface area contributed by atoms with Gasteiger partial charge >= 0.3 is 0 Å². The van der Waals surface area contributed by atoms with E-state index in [-0.39, 0.29) is 5.60 Å². The predicted octanol–water partition coefficient (Wildman–Crippen LogP) is 1.97. The molecule has 0 spiro atoms. The summed E-state index contributed by atoms with van der Waals surface area (Å²) >= 11 is 0. The first-order valence-electron chi connectivity index (χ1n) is 3.41. The van der Waals surface area contributed by atoms with Crippen molar-refractivity contribution in [3.05, 3.63) is 0 Å². The highest BCUT2D eigenvalue weighted by Gasteiger charge is 2.31. The summed E-state index contributed by atoms with van der Waals surface area (Å²) in [4.78, 5) is 0. The second kappa shape index (κ2) is 2.06. The Bertz CT molecular complexity index is 74.5. The van der Waals surface area contributed by atoms with Gasteiger partial charge in [0.2, 0.25) is 0 Å². The fourth-order valence-electron chi connectivity index (χ4n) is 1.17. The summed E-state index contributed by atoms with van der Waals surface area (Å²) in [5.41, 5.74) is 0.273. The van der Waals surface area contributed by atoms with Crippen molar-refractivity contribution >= 4 is 0 Å². The van der Waals surface area contributed by atoms with Crippen LogP contribution in [0, 0.1) is 0 Å². The van der Waals surface area contributed by atoms with E-state index in [2.05, 4.69) is 13.8 Å². The van der Waals surface area contributed by atoms with Crippen molar-refractivity contribution in [2.75, 3.05) is 6.61 Å². The topological polar surface area (TPSA) is 9.23 Å². The maximum atomic E-state index is 5.47. The van der Waals surface area contributed by atoms with Crippen LogP contribution in [-0.4, -0.2) is 12.2 Å². The monoisotopic (exact) mass is 114 g/mol. The molecule has 0 bridgehead atoms. The van der Waals surface area contributed by atoms with Crippen molar-refractivity contribution in [3.8, 4) is 0 Å². The van der Waals surface area contributed by atoms with Crippen LogP contribution in [0.1, 0.15) is 33.1 Å². The van der Waals surface area contributed by atoms with Gasteiger partial charge in [0.25, 0.3) is 0 Å². The zero-order chi connectivity index (χ0) is 6.04. The van der Waals surface area contributed by atoms with Gasteiger partial charge in [-0.3, -0.25) is 0 Å². The summed E-state index contributed by atoms with van der Waals surface area (Å²) in [6.07, 6.45) is 3.89. The highest BCUT2D eigenvalue weighted by atomic mass is 16.5. The van der Waals surface area contributed by atoms with Gasteiger partial charge in [0.05, 0.1) is 5.60 Å². The van der Waals surface area contributed by atoms with E-state index < -0.39 is 0 Å². The third-order valence-electron chi connectivity index (χ3n) is 1.90. The molecule has 48 valence electrons. The number of hydrogen-bond acceptors (Lipinski definition) is 1. The molecule has 0 saturated heterocycles.